The SMILES string of the molecule is Cc1ccc(NS(=O)(=O)c2ccc(NC(=O)c3ccc(CS(=O)(=O)N4CCCCC4)cc3)cc2)cc1Cl. The highest BCUT2D eigenvalue weighted by atomic mass is 35.5. The Morgan fingerprint density at radius 3 is 2.11 bits per heavy atom. The summed E-state index contributed by atoms with van der Waals surface area (Å²) in [5, 5.41) is 3.18. The number of benzene rings is 3. The van der Waals surface area contributed by atoms with Crippen LogP contribution in [0.15, 0.2) is 71.6 Å². The number of carbonyl (C=O) groups excluding carboxylic acids is 1. The first-order valence-corrected chi connectivity index (χ1v) is 15.3. The van der Waals surface area contributed by atoms with Gasteiger partial charge < -0.3 is 5.32 Å². The van der Waals surface area contributed by atoms with Gasteiger partial charge in [0.05, 0.1) is 16.3 Å². The van der Waals surface area contributed by atoms with Crippen molar-refractivity contribution in [3.63, 3.8) is 0 Å². The zero-order chi connectivity index (χ0) is 26.6. The van der Waals surface area contributed by atoms with Crippen LogP contribution in [0.2, 0.25) is 5.02 Å². The predicted octanol–water partition coefficient (Wildman–Crippen LogP) is 5.02. The van der Waals surface area contributed by atoms with Gasteiger partial charge in [-0.2, -0.15) is 0 Å². The van der Waals surface area contributed by atoms with Crippen LogP contribution in [0.3, 0.4) is 0 Å². The molecule has 0 saturated carbocycles. The summed E-state index contributed by atoms with van der Waals surface area (Å²) in [7, 11) is -7.23. The van der Waals surface area contributed by atoms with Gasteiger partial charge in [-0.1, -0.05) is 36.2 Å². The minimum atomic E-state index is -3.84. The van der Waals surface area contributed by atoms with Crippen molar-refractivity contribution in [2.24, 2.45) is 0 Å². The molecule has 8 nitrogen and oxygen atoms in total. The van der Waals surface area contributed by atoms with Crippen LogP contribution in [0.25, 0.3) is 0 Å². The van der Waals surface area contributed by atoms with E-state index in [9.17, 15) is 21.6 Å². The van der Waals surface area contributed by atoms with Crippen molar-refractivity contribution in [3.05, 3.63) is 88.4 Å². The Morgan fingerprint density at radius 2 is 1.49 bits per heavy atom. The molecule has 11 heteroatoms. The number of anilines is 2. The first-order chi connectivity index (χ1) is 17.5. The monoisotopic (exact) mass is 561 g/mol. The predicted molar refractivity (Wildman–Crippen MR) is 146 cm³/mol. The van der Waals surface area contributed by atoms with Gasteiger partial charge in [0, 0.05) is 29.4 Å². The maximum Gasteiger partial charge on any atom is 0.261 e. The number of amides is 1. The molecule has 0 aromatic heterocycles. The summed E-state index contributed by atoms with van der Waals surface area (Å²) >= 11 is 6.07. The summed E-state index contributed by atoms with van der Waals surface area (Å²) in [4.78, 5) is 12.7. The molecule has 4 rings (SSSR count). The van der Waals surface area contributed by atoms with Crippen LogP contribution in [0.4, 0.5) is 11.4 Å². The van der Waals surface area contributed by atoms with Crippen molar-refractivity contribution in [1.82, 2.24) is 4.31 Å². The van der Waals surface area contributed by atoms with Gasteiger partial charge in [0.2, 0.25) is 10.0 Å². The van der Waals surface area contributed by atoms with E-state index < -0.39 is 26.0 Å². The standard InChI is InChI=1S/C26H28ClN3O5S2/c1-19-5-10-23(17-25(19)27)29-37(34,35)24-13-11-22(12-14-24)28-26(31)21-8-6-20(7-9-21)18-36(32,33)30-15-3-2-4-16-30/h5-14,17,29H,2-4,15-16,18H2,1H3,(H,28,31). The van der Waals surface area contributed by atoms with Gasteiger partial charge in [0.1, 0.15) is 0 Å². The lowest BCUT2D eigenvalue weighted by molar-refractivity contribution is 0.102. The second-order valence-electron chi connectivity index (χ2n) is 8.96. The third-order valence-electron chi connectivity index (χ3n) is 6.12. The van der Waals surface area contributed by atoms with Crippen molar-refractivity contribution in [2.45, 2.75) is 36.8 Å². The van der Waals surface area contributed by atoms with Crippen molar-refractivity contribution in [1.29, 1.82) is 0 Å². The van der Waals surface area contributed by atoms with Crippen LogP contribution in [0, 0.1) is 6.92 Å². The molecule has 3 aromatic rings. The van der Waals surface area contributed by atoms with Gasteiger partial charge >= 0.3 is 0 Å². The minimum Gasteiger partial charge on any atom is -0.322 e. The molecule has 0 spiro atoms. The van der Waals surface area contributed by atoms with Crippen molar-refractivity contribution < 1.29 is 21.6 Å². The van der Waals surface area contributed by atoms with E-state index in [4.69, 9.17) is 11.6 Å². The van der Waals surface area contributed by atoms with Crippen LogP contribution in [-0.2, 0) is 25.8 Å². The molecular formula is C26H28ClN3O5S2. The highest BCUT2D eigenvalue weighted by Gasteiger charge is 2.24. The molecule has 1 saturated heterocycles. The van der Waals surface area contributed by atoms with Crippen LogP contribution >= 0.6 is 11.6 Å². The van der Waals surface area contributed by atoms with Crippen LogP contribution in [-0.4, -0.2) is 40.1 Å². The Labute approximate surface area is 222 Å². The molecule has 3 aromatic carbocycles. The quantitative estimate of drug-likeness (QED) is 0.401. The van der Waals surface area contributed by atoms with Crippen LogP contribution in [0.5, 0.6) is 0 Å². The lowest BCUT2D eigenvalue weighted by Gasteiger charge is -2.25. The van der Waals surface area contributed by atoms with E-state index in [1.807, 2.05) is 6.92 Å². The third-order valence-corrected chi connectivity index (χ3v) is 9.77. The number of aryl methyl sites for hydroxylation is 1. The van der Waals surface area contributed by atoms with Gasteiger partial charge in [-0.25, -0.2) is 21.1 Å². The second kappa shape index (κ2) is 11.2. The number of nitrogens with zero attached hydrogens (tertiary/aromatic N) is 1. The first kappa shape index (κ1) is 27.1. The molecule has 0 atom stereocenters. The van der Waals surface area contributed by atoms with Gasteiger partial charge in [0.15, 0.2) is 0 Å². The van der Waals surface area contributed by atoms with Crippen LogP contribution in [0.1, 0.15) is 40.7 Å². The minimum absolute atomic E-state index is 0.0291. The topological polar surface area (TPSA) is 113 Å². The lowest BCUT2D eigenvalue weighted by atomic mass is 10.1. The molecule has 1 aliphatic rings. The van der Waals surface area contributed by atoms with Gasteiger partial charge in [-0.3, -0.25) is 9.52 Å². The molecule has 0 radical (unpaired) electrons. The summed E-state index contributed by atoms with van der Waals surface area (Å²) in [5.41, 5.74) is 2.56. The van der Waals surface area contributed by atoms with E-state index >= 15 is 0 Å². The highest BCUT2D eigenvalue weighted by molar-refractivity contribution is 7.92. The Kier molecular flexibility index (Phi) is 8.23. The van der Waals surface area contributed by atoms with E-state index in [0.29, 0.717) is 40.6 Å². The van der Waals surface area contributed by atoms with E-state index in [-0.39, 0.29) is 10.6 Å². The maximum absolute atomic E-state index is 12.7. The fourth-order valence-corrected chi connectivity index (χ4v) is 6.83. The largest absolute Gasteiger partial charge is 0.322 e. The molecule has 1 aliphatic heterocycles. The number of hydrogen-bond acceptors (Lipinski definition) is 5. The molecular weight excluding hydrogens is 534 g/mol. The van der Waals surface area contributed by atoms with Crippen molar-refractivity contribution in [3.8, 4) is 0 Å². The summed E-state index contributed by atoms with van der Waals surface area (Å²) in [5.74, 6) is -0.498. The highest BCUT2D eigenvalue weighted by Crippen LogP contribution is 2.24. The third kappa shape index (κ3) is 6.89. The summed E-state index contributed by atoms with van der Waals surface area (Å²) in [6.07, 6.45) is 2.81. The molecule has 1 fully saturated rings. The number of carbonyl (C=O) groups is 1. The lowest BCUT2D eigenvalue weighted by Crippen LogP contribution is -2.36. The molecule has 196 valence electrons. The van der Waals surface area contributed by atoms with Crippen LogP contribution < -0.4 is 10.0 Å². The van der Waals surface area contributed by atoms with E-state index in [0.717, 1.165) is 24.8 Å². The number of halogens is 1. The zero-order valence-corrected chi connectivity index (χ0v) is 22.7. The Balaban J connectivity index is 1.37. The number of sulfonamides is 2. The number of piperidine rings is 1. The number of nitrogens with one attached hydrogen (secondary N) is 2. The van der Waals surface area contributed by atoms with Crippen molar-refractivity contribution in [2.75, 3.05) is 23.1 Å². The van der Waals surface area contributed by atoms with Gasteiger partial charge in [-0.05, 0) is 79.4 Å². The molecule has 2 N–H and O–H groups in total. The first-order valence-electron chi connectivity index (χ1n) is 11.8. The molecule has 37 heavy (non-hydrogen) atoms. The Morgan fingerprint density at radius 1 is 0.865 bits per heavy atom. The summed E-state index contributed by atoms with van der Waals surface area (Å²) in [6, 6.07) is 17.1. The average molecular weight is 562 g/mol. The average Bonchev–Trinajstić information content (AvgIpc) is 2.87. The molecule has 1 amide bonds. The fraction of sp³-hybridized carbons (Fsp3) is 0.269. The van der Waals surface area contributed by atoms with Gasteiger partial charge in [-0.15, -0.1) is 0 Å². The van der Waals surface area contributed by atoms with Gasteiger partial charge in [0.25, 0.3) is 15.9 Å². The van der Waals surface area contributed by atoms with E-state index in [2.05, 4.69) is 10.0 Å². The van der Waals surface area contributed by atoms with E-state index in [1.54, 1.807) is 36.4 Å². The smallest absolute Gasteiger partial charge is 0.261 e. The Hall–Kier alpha value is -2.92. The number of rotatable bonds is 8. The normalized spacial score (nSPS) is 14.8. The molecule has 0 unspecified atom stereocenters. The summed E-state index contributed by atoms with van der Waals surface area (Å²) < 4.78 is 54.7. The second-order valence-corrected chi connectivity index (χ2v) is 13.0. The maximum atomic E-state index is 12.7. The number of hydrogen-bond donors (Lipinski definition) is 2. The zero-order valence-electron chi connectivity index (χ0n) is 20.3. The Bertz CT molecular complexity index is 1480. The summed E-state index contributed by atoms with van der Waals surface area (Å²) in [6.45, 7) is 2.93. The van der Waals surface area contributed by atoms with Crippen molar-refractivity contribution >= 4 is 48.9 Å². The molecule has 0 bridgehead atoms. The molecule has 0 aliphatic carbocycles. The van der Waals surface area contributed by atoms with E-state index in [1.165, 1.54) is 34.6 Å². The molecule has 1 heterocycles. The fourth-order valence-electron chi connectivity index (χ4n) is 3.99.